The number of barbiturate groups is 4. The number of benzene rings is 10. The van der Waals surface area contributed by atoms with Gasteiger partial charge in [0.15, 0.2) is 0 Å². The summed E-state index contributed by atoms with van der Waals surface area (Å²) in [5.41, 5.74) is 4.78. The number of rotatable bonds is 19. The molecule has 10 aromatic carbocycles. The topological polar surface area (TPSA) is 443 Å². The van der Waals surface area contributed by atoms with E-state index in [9.17, 15) is 85.2 Å². The number of nitrogens with zero attached hydrogens (tertiary/aromatic N) is 6. The summed E-state index contributed by atoms with van der Waals surface area (Å²) in [4.78, 5) is 181. The Labute approximate surface area is 784 Å². The fraction of sp³-hybridized carbons (Fsp3) is 0.146. The molecule has 0 radical (unpaired) electrons. The Morgan fingerprint density at radius 3 is 1.22 bits per heavy atom. The molecule has 1 aromatic heterocycles. The quantitative estimate of drug-likeness (QED) is 0.0365. The summed E-state index contributed by atoms with van der Waals surface area (Å²) in [6.45, 7) is 2.44. The van der Waals surface area contributed by atoms with Crippen LogP contribution < -0.4 is 131 Å². The second kappa shape index (κ2) is 48.1. The zero-order valence-corrected chi connectivity index (χ0v) is 75.4. The van der Waals surface area contributed by atoms with E-state index in [2.05, 4.69) is 16.4 Å². The Morgan fingerprint density at radius 2 is 0.800 bits per heavy atom. The first-order chi connectivity index (χ1) is 58.6. The molecule has 3 unspecified atom stereocenters. The molecule has 3 atom stereocenters. The van der Waals surface area contributed by atoms with Crippen LogP contribution in [0.15, 0.2) is 306 Å². The number of urea groups is 4. The maximum atomic E-state index is 13.2. The molecule has 5 heterocycles. The van der Waals surface area contributed by atoms with Crippen LogP contribution in [-0.4, -0.2) is 121 Å². The van der Waals surface area contributed by atoms with Crippen molar-refractivity contribution in [1.29, 1.82) is 0 Å². The molecule has 31 nitrogen and oxygen atoms in total. The van der Waals surface area contributed by atoms with E-state index in [1.807, 2.05) is 157 Å². The first-order valence-electron chi connectivity index (χ1n) is 37.6. The largest absolute Gasteiger partial charge is 1.00 e. The molecule has 4 aliphatic heterocycles. The number of nitrogens with one attached hydrogen (secondary N) is 4. The van der Waals surface area contributed by atoms with Gasteiger partial charge in [-0.3, -0.25) is 82.2 Å². The molecule has 11 aromatic rings. The van der Waals surface area contributed by atoms with Crippen LogP contribution in [0.3, 0.4) is 0 Å². The molecule has 0 saturated carbocycles. The van der Waals surface area contributed by atoms with Gasteiger partial charge in [0.25, 0.3) is 5.56 Å². The number of aromatic amines is 1. The van der Waals surface area contributed by atoms with Crippen LogP contribution in [-0.2, 0) is 91.6 Å². The van der Waals surface area contributed by atoms with E-state index >= 15 is 0 Å². The van der Waals surface area contributed by atoms with Crippen LogP contribution in [0.25, 0.3) is 16.8 Å². The van der Waals surface area contributed by atoms with Crippen molar-refractivity contribution in [3.8, 4) is 22.7 Å². The maximum Gasteiger partial charge on any atom is 1.00 e. The van der Waals surface area contributed by atoms with Gasteiger partial charge in [0.2, 0.25) is 47.3 Å². The van der Waals surface area contributed by atoms with Crippen molar-refractivity contribution < 1.29 is 177 Å². The third-order valence-electron chi connectivity index (χ3n) is 18.9. The molecule has 36 heteroatoms. The van der Waals surface area contributed by atoms with Crippen LogP contribution in [0.1, 0.15) is 65.5 Å². The normalized spacial score (nSPS) is 15.5. The van der Waals surface area contributed by atoms with Gasteiger partial charge in [-0.15, -0.1) is 12.6 Å². The van der Waals surface area contributed by atoms with Crippen LogP contribution in [0, 0.1) is 23.8 Å². The summed E-state index contributed by atoms with van der Waals surface area (Å²) < 4.78 is 58.5. The number of carbonyl (C=O) groups is 12. The Bertz CT molecular complexity index is 5930. The van der Waals surface area contributed by atoms with Crippen LogP contribution in [0.2, 0.25) is 0 Å². The van der Waals surface area contributed by atoms with Crippen LogP contribution >= 0.6 is 0 Å². The summed E-state index contributed by atoms with van der Waals surface area (Å²) >= 11 is 0. The van der Waals surface area contributed by atoms with Crippen LogP contribution in [0.5, 0.6) is 5.88 Å². The number of anilines is 2. The van der Waals surface area contributed by atoms with E-state index in [0.29, 0.717) is 40.2 Å². The van der Waals surface area contributed by atoms with Crippen molar-refractivity contribution in [2.24, 2.45) is 17.8 Å². The third-order valence-corrected chi connectivity index (χ3v) is 19.7. The zero-order chi connectivity index (χ0) is 87.6. The van der Waals surface area contributed by atoms with Crippen molar-refractivity contribution in [3.05, 3.63) is 351 Å². The first-order valence-corrected chi connectivity index (χ1v) is 40.0. The predicted octanol–water partition coefficient (Wildman–Crippen LogP) is 0.268. The van der Waals surface area contributed by atoms with Gasteiger partial charge >= 0.3 is 129 Å². The molecule has 0 aliphatic carbocycles. The standard InChI is InChI=1S/C24H20N2O3.C21H22N2O3.C17H14N2O3.C16H12N2O3.C11H9N2O6S.3Na.O3S/c27-22-21(16-18-10-4-1-5-11-18)23(28)26(20-14-8-3-9-15-20)24(29)25(22)17-19-12-6-2-7-13-19;1-2-3-14-18-19(24)22(15-16-10-6-4-7-11-16)21(26)23(20(18)25)17-12-8-5-9-13-17;20-15-14(13-9-5-2-6-10-13)16(21)19(17(22)18-15)11-12-7-3-1-4-8-12;19-14-13(11-7-3-1-4-8-11)15(20)18(16(21)17-14)12-9-5-2-6-10-12;14-9-8(10(15)13-11(16)12-9)5-6-1-3-7(4-2-6)20(17,18)19;;;;1-4(2)3/h1-15,21H,16-17H2;4-13,18H,2-3,14-15H2,1H3;1-10,14H,11H2,(H,18,20,22);1-10,19H,(H,17,21);1,3-4,8H,5H2,(H,17,18,19)(H2,12,13,14,15,16);;;;/q;;;;-1;3*+1;/p-2. The molecule has 622 valence electrons. The number of amides is 16. The molecule has 4 aliphatic rings. The summed E-state index contributed by atoms with van der Waals surface area (Å²) in [5, 5.41) is 18.1. The molecule has 0 bridgehead atoms. The number of unbranched alkanes of at least 4 members (excludes halogenated alkanes) is 1. The molecule has 15 rings (SSSR count). The average Bonchev–Trinajstić information content (AvgIpc) is 0.763. The molecule has 4 N–H and O–H groups in total. The second-order valence-electron chi connectivity index (χ2n) is 27.1. The number of hydrogen-bond donors (Lipinski definition) is 4. The minimum Gasteiger partial charge on any atom is -0.860 e. The monoisotopic (exact) mass is 1750 g/mol. The minimum absolute atomic E-state index is 0. The fourth-order valence-electron chi connectivity index (χ4n) is 13.0. The summed E-state index contributed by atoms with van der Waals surface area (Å²) in [7, 11) is -7.68. The number of hydrogen-bond acceptors (Lipinski definition) is 21. The van der Waals surface area contributed by atoms with Crippen molar-refractivity contribution in [2.75, 3.05) is 9.80 Å². The number of carbonyl (C=O) groups excluding carboxylic acids is 12. The Balaban J connectivity index is 0.000000212. The molecule has 125 heavy (non-hydrogen) atoms. The van der Waals surface area contributed by atoms with Gasteiger partial charge in [0.1, 0.15) is 23.7 Å². The van der Waals surface area contributed by atoms with Crippen molar-refractivity contribution >= 4 is 103 Å². The summed E-state index contributed by atoms with van der Waals surface area (Å²) in [5.74, 6) is -8.86. The fourth-order valence-corrected chi connectivity index (χ4v) is 13.4. The van der Waals surface area contributed by atoms with Crippen LogP contribution in [0.4, 0.5) is 30.6 Å². The number of para-hydroxylation sites is 3. The zero-order valence-electron chi connectivity index (χ0n) is 67.8. The Kier molecular flexibility index (Phi) is 38.4. The molecule has 16 amide bonds. The van der Waals surface area contributed by atoms with E-state index in [-0.39, 0.29) is 127 Å². The number of imide groups is 8. The third kappa shape index (κ3) is 26.8. The van der Waals surface area contributed by atoms with E-state index in [4.69, 9.17) is 12.6 Å². The van der Waals surface area contributed by atoms with Gasteiger partial charge in [-0.25, -0.2) is 38.3 Å². The summed E-state index contributed by atoms with van der Waals surface area (Å²) in [6, 6.07) is 83.6. The number of H-pyrrole nitrogens is 1. The van der Waals surface area contributed by atoms with E-state index in [1.54, 1.807) is 133 Å². The molecule has 0 spiro atoms. The molecule has 4 fully saturated rings. The van der Waals surface area contributed by atoms with Crippen molar-refractivity contribution in [1.82, 2.24) is 40.2 Å². The van der Waals surface area contributed by atoms with Gasteiger partial charge < -0.3 is 14.6 Å². The SMILES string of the molecule is CCCCC1C(=O)N(Cc2ccccc2)C(=O)N(c2ccccc2)C1=O.O=C1C(Cc2ccccc2)C(=O)N(c2ccccc2)C(=O)N1Cc1ccccc1.O=C1NC(=O)C(Cc2[c-]cc(S(=O)(=O)[O-])cc2)C(=O)N1.O=C1NC(=O)N(Cc2ccccc2)C(=O)C1c1ccccc1.O=S(=O)=O.O=c1[nH]c([O-])c(-c2ccccc2)c(=O)n1-c1ccccc1.[Na+].[Na+].[Na+]. The van der Waals surface area contributed by atoms with Crippen molar-refractivity contribution in [3.63, 3.8) is 0 Å². The Hall–Kier alpha value is -12.4. The molecule has 4 saturated heterocycles. The van der Waals surface area contributed by atoms with E-state index in [1.165, 1.54) is 15.9 Å². The molecular formula is C89H75N10Na3O21S2. The smallest absolute Gasteiger partial charge is 0.860 e. The van der Waals surface area contributed by atoms with Gasteiger partial charge in [0.05, 0.1) is 52.4 Å². The van der Waals surface area contributed by atoms with Gasteiger partial charge in [-0.05, 0) is 94.9 Å². The van der Waals surface area contributed by atoms with Gasteiger partial charge in [-0.2, -0.15) is 29.8 Å². The van der Waals surface area contributed by atoms with Gasteiger partial charge in [-0.1, -0.05) is 261 Å². The first kappa shape index (κ1) is 99.8. The Morgan fingerprint density at radius 1 is 0.416 bits per heavy atom. The summed E-state index contributed by atoms with van der Waals surface area (Å²) in [6.07, 6.45) is 2.29. The predicted molar refractivity (Wildman–Crippen MR) is 438 cm³/mol. The molecular weight excluding hydrogens is 1680 g/mol. The van der Waals surface area contributed by atoms with E-state index in [0.717, 1.165) is 66.5 Å². The van der Waals surface area contributed by atoms with E-state index < -0.39 is 138 Å². The minimum atomic E-state index is -4.57. The van der Waals surface area contributed by atoms with Gasteiger partial charge in [0, 0.05) is 0 Å². The maximum absolute atomic E-state index is 13.2. The number of aromatic nitrogens is 2. The average molecular weight is 1750 g/mol. The van der Waals surface area contributed by atoms with Crippen molar-refractivity contribution in [2.45, 2.75) is 69.5 Å². The second-order valence-corrected chi connectivity index (χ2v) is 28.9.